The first-order valence-corrected chi connectivity index (χ1v) is 13.6. The van der Waals surface area contributed by atoms with E-state index in [2.05, 4.69) is 58.4 Å². The average molecular weight is 727 g/mol. The molecule has 0 unspecified atom stereocenters. The Labute approximate surface area is 247 Å². The molecule has 4 rings (SSSR count). The lowest BCUT2D eigenvalue weighted by Crippen LogP contribution is -2.54. The average Bonchev–Trinajstić information content (AvgIpc) is 2.84. The number of benzene rings is 3. The second-order valence-electron chi connectivity index (χ2n) is 8.05. The predicted molar refractivity (Wildman–Crippen MR) is 155 cm³/mol. The topological polar surface area (TPSA) is 105 Å². The second kappa shape index (κ2) is 11.8. The van der Waals surface area contributed by atoms with Crippen molar-refractivity contribution in [2.75, 3.05) is 16.8 Å². The Balaban J connectivity index is 1.51. The molecule has 0 aliphatic carbocycles. The Bertz CT molecular complexity index is 1490. The van der Waals surface area contributed by atoms with Crippen LogP contribution in [0, 0.1) is 6.92 Å². The molecule has 0 atom stereocenters. The van der Waals surface area contributed by atoms with Crippen LogP contribution in [0.1, 0.15) is 11.1 Å². The summed E-state index contributed by atoms with van der Waals surface area (Å²) in [6.07, 6.45) is 1.36. The fourth-order valence-electron chi connectivity index (χ4n) is 3.45. The number of nitrogens with one attached hydrogen (secondary N) is 2. The van der Waals surface area contributed by atoms with Crippen molar-refractivity contribution >= 4 is 101 Å². The van der Waals surface area contributed by atoms with Crippen molar-refractivity contribution in [3.63, 3.8) is 0 Å². The maximum Gasteiger partial charge on any atom is 0.335 e. The highest BCUT2D eigenvalue weighted by molar-refractivity contribution is 9.11. The number of hydrogen-bond acceptors (Lipinski definition) is 5. The molecule has 1 heterocycles. The minimum Gasteiger partial charge on any atom is -0.481 e. The zero-order valence-electron chi connectivity index (χ0n) is 19.5. The van der Waals surface area contributed by atoms with Gasteiger partial charge in [0.25, 0.3) is 17.7 Å². The molecule has 2 N–H and O–H groups in total. The van der Waals surface area contributed by atoms with Crippen LogP contribution in [-0.4, -0.2) is 30.4 Å². The SMILES string of the molecule is Cc1ccc(NC(=O)COc2c(Br)cc(/C=C3\C(=O)NC(=O)N(c4ccc(Br)cc4)C3=O)cc2Br)cc1Cl. The van der Waals surface area contributed by atoms with Gasteiger partial charge in [0.15, 0.2) is 6.61 Å². The number of ether oxygens (including phenoxy) is 1. The fourth-order valence-corrected chi connectivity index (χ4v) is 5.35. The third kappa shape index (κ3) is 6.35. The maximum atomic E-state index is 13.1. The lowest BCUT2D eigenvalue weighted by atomic mass is 10.1. The van der Waals surface area contributed by atoms with Gasteiger partial charge in [-0.2, -0.15) is 0 Å². The minimum atomic E-state index is -0.836. The first-order valence-electron chi connectivity index (χ1n) is 10.9. The van der Waals surface area contributed by atoms with Crippen molar-refractivity contribution in [1.29, 1.82) is 0 Å². The van der Waals surface area contributed by atoms with E-state index in [0.29, 0.717) is 36.7 Å². The first kappa shape index (κ1) is 28.0. The van der Waals surface area contributed by atoms with E-state index in [0.717, 1.165) is 14.9 Å². The highest BCUT2D eigenvalue weighted by atomic mass is 79.9. The smallest absolute Gasteiger partial charge is 0.335 e. The number of nitrogens with zero attached hydrogens (tertiary/aromatic N) is 1. The lowest BCUT2D eigenvalue weighted by Gasteiger charge is -2.26. The van der Waals surface area contributed by atoms with Crippen molar-refractivity contribution in [1.82, 2.24) is 5.32 Å². The summed E-state index contributed by atoms with van der Waals surface area (Å²) in [7, 11) is 0. The van der Waals surface area contributed by atoms with Crippen molar-refractivity contribution in [3.8, 4) is 5.75 Å². The van der Waals surface area contributed by atoms with Crippen LogP contribution in [0.25, 0.3) is 6.08 Å². The zero-order chi connectivity index (χ0) is 27.6. The number of imide groups is 2. The molecule has 0 spiro atoms. The molecule has 194 valence electrons. The van der Waals surface area contributed by atoms with Gasteiger partial charge in [0, 0.05) is 15.2 Å². The van der Waals surface area contributed by atoms with E-state index in [1.807, 2.05) is 6.92 Å². The standard InChI is InChI=1S/C26H17Br3ClN3O5/c1-13-2-5-16(11-21(13)30)31-22(34)12-38-23-19(28)9-14(10-20(23)29)8-18-24(35)32-26(37)33(25(18)36)17-6-3-15(27)4-7-17/h2-11H,12H2,1H3,(H,31,34)(H,32,35,37)/b18-8+. The van der Waals surface area contributed by atoms with Crippen LogP contribution in [0.3, 0.4) is 0 Å². The summed E-state index contributed by atoms with van der Waals surface area (Å²) in [6.45, 7) is 1.58. The summed E-state index contributed by atoms with van der Waals surface area (Å²) in [4.78, 5) is 51.2. The van der Waals surface area contributed by atoms with Gasteiger partial charge in [-0.25, -0.2) is 9.69 Å². The van der Waals surface area contributed by atoms with Gasteiger partial charge in [-0.1, -0.05) is 33.6 Å². The van der Waals surface area contributed by atoms with E-state index >= 15 is 0 Å². The molecule has 3 aromatic rings. The van der Waals surface area contributed by atoms with E-state index in [-0.39, 0.29) is 12.2 Å². The molecule has 1 aliphatic rings. The van der Waals surface area contributed by atoms with Gasteiger partial charge < -0.3 is 10.1 Å². The number of barbiturate groups is 1. The second-order valence-corrected chi connectivity index (χ2v) is 11.1. The third-order valence-corrected chi connectivity index (χ3v) is 7.44. The van der Waals surface area contributed by atoms with Gasteiger partial charge in [0.05, 0.1) is 14.6 Å². The quantitative estimate of drug-likeness (QED) is 0.220. The van der Waals surface area contributed by atoms with E-state index in [1.165, 1.54) is 6.08 Å². The first-order chi connectivity index (χ1) is 18.0. The highest BCUT2D eigenvalue weighted by Crippen LogP contribution is 2.36. The number of halogens is 4. The van der Waals surface area contributed by atoms with Crippen molar-refractivity contribution < 1.29 is 23.9 Å². The summed E-state index contributed by atoms with van der Waals surface area (Å²) in [5.41, 5.74) is 1.99. The van der Waals surface area contributed by atoms with Crippen LogP contribution in [0.4, 0.5) is 16.2 Å². The number of urea groups is 1. The number of amides is 5. The maximum absolute atomic E-state index is 13.1. The monoisotopic (exact) mass is 723 g/mol. The Morgan fingerprint density at radius 2 is 1.68 bits per heavy atom. The van der Waals surface area contributed by atoms with Crippen molar-refractivity contribution in [3.05, 3.63) is 89.7 Å². The van der Waals surface area contributed by atoms with Crippen LogP contribution < -0.4 is 20.3 Å². The molecule has 1 saturated heterocycles. The van der Waals surface area contributed by atoms with E-state index in [1.54, 1.807) is 54.6 Å². The molecule has 1 fully saturated rings. The Morgan fingerprint density at radius 1 is 1.03 bits per heavy atom. The molecular formula is C26H17Br3ClN3O5. The molecule has 0 saturated carbocycles. The van der Waals surface area contributed by atoms with Gasteiger partial charge >= 0.3 is 6.03 Å². The molecular weight excluding hydrogens is 709 g/mol. The van der Waals surface area contributed by atoms with E-state index < -0.39 is 23.8 Å². The number of aryl methyl sites for hydroxylation is 1. The molecule has 5 amide bonds. The van der Waals surface area contributed by atoms with Crippen LogP contribution in [0.15, 0.2) is 73.6 Å². The van der Waals surface area contributed by atoms with Gasteiger partial charge in [-0.15, -0.1) is 0 Å². The largest absolute Gasteiger partial charge is 0.481 e. The molecule has 12 heteroatoms. The predicted octanol–water partition coefficient (Wildman–Crippen LogP) is 6.62. The molecule has 1 aliphatic heterocycles. The Kier molecular flexibility index (Phi) is 8.71. The summed E-state index contributed by atoms with van der Waals surface area (Å²) >= 11 is 16.2. The van der Waals surface area contributed by atoms with E-state index in [4.69, 9.17) is 16.3 Å². The van der Waals surface area contributed by atoms with Gasteiger partial charge in [0.1, 0.15) is 11.3 Å². The third-order valence-electron chi connectivity index (χ3n) is 5.32. The van der Waals surface area contributed by atoms with Crippen LogP contribution >= 0.6 is 59.4 Å². The van der Waals surface area contributed by atoms with Crippen LogP contribution in [-0.2, 0) is 14.4 Å². The molecule has 0 aromatic heterocycles. The fraction of sp³-hybridized carbons (Fsp3) is 0.0769. The zero-order valence-corrected chi connectivity index (χ0v) is 25.0. The molecule has 8 nitrogen and oxygen atoms in total. The minimum absolute atomic E-state index is 0.226. The molecule has 38 heavy (non-hydrogen) atoms. The summed E-state index contributed by atoms with van der Waals surface area (Å²) in [5.74, 6) is -1.62. The summed E-state index contributed by atoms with van der Waals surface area (Å²) in [5, 5.41) is 5.44. The van der Waals surface area contributed by atoms with Crippen molar-refractivity contribution in [2.45, 2.75) is 6.92 Å². The molecule has 0 bridgehead atoms. The number of hydrogen-bond donors (Lipinski definition) is 2. The molecule has 0 radical (unpaired) electrons. The van der Waals surface area contributed by atoms with Crippen molar-refractivity contribution in [2.24, 2.45) is 0 Å². The van der Waals surface area contributed by atoms with Crippen LogP contribution in [0.5, 0.6) is 5.75 Å². The summed E-state index contributed by atoms with van der Waals surface area (Å²) in [6, 6.07) is 14.1. The number of carbonyl (C=O) groups excluding carboxylic acids is 4. The van der Waals surface area contributed by atoms with Crippen LogP contribution in [0.2, 0.25) is 5.02 Å². The molecule has 3 aromatic carbocycles. The van der Waals surface area contributed by atoms with Gasteiger partial charge in [0.2, 0.25) is 0 Å². The Morgan fingerprint density at radius 3 is 2.32 bits per heavy atom. The summed E-state index contributed by atoms with van der Waals surface area (Å²) < 4.78 is 7.38. The highest BCUT2D eigenvalue weighted by Gasteiger charge is 2.36. The normalized spacial score (nSPS) is 14.5. The van der Waals surface area contributed by atoms with E-state index in [9.17, 15) is 19.2 Å². The van der Waals surface area contributed by atoms with Gasteiger partial charge in [-0.05, 0) is 105 Å². The lowest BCUT2D eigenvalue weighted by molar-refractivity contribution is -0.122. The number of carbonyl (C=O) groups is 4. The Hall–Kier alpha value is -2.99. The number of rotatable bonds is 6. The number of anilines is 2. The van der Waals surface area contributed by atoms with Gasteiger partial charge in [-0.3, -0.25) is 19.7 Å².